The van der Waals surface area contributed by atoms with Gasteiger partial charge in [0.1, 0.15) is 0 Å². The summed E-state index contributed by atoms with van der Waals surface area (Å²) in [5, 5.41) is 5.93. The van der Waals surface area contributed by atoms with E-state index in [1.54, 1.807) is 0 Å². The van der Waals surface area contributed by atoms with E-state index in [1.165, 1.54) is 6.42 Å². The van der Waals surface area contributed by atoms with Crippen molar-refractivity contribution in [3.8, 4) is 0 Å². The maximum atomic E-state index is 11.6. The quantitative estimate of drug-likeness (QED) is 0.702. The first-order valence-electron chi connectivity index (χ1n) is 5.78. The molecule has 15 heavy (non-hydrogen) atoms. The molecule has 1 heterocycles. The summed E-state index contributed by atoms with van der Waals surface area (Å²) in [6.07, 6.45) is 3.66. The lowest BCUT2D eigenvalue weighted by Gasteiger charge is -2.23. The lowest BCUT2D eigenvalue weighted by atomic mass is 10.1. The fraction of sp³-hybridized carbons (Fsp3) is 0.909. The third-order valence-electron chi connectivity index (χ3n) is 2.74. The fourth-order valence-corrected chi connectivity index (χ4v) is 1.76. The van der Waals surface area contributed by atoms with Crippen molar-refractivity contribution >= 4 is 5.91 Å². The third kappa shape index (κ3) is 4.62. The van der Waals surface area contributed by atoms with E-state index in [0.29, 0.717) is 6.54 Å². The highest BCUT2D eigenvalue weighted by Gasteiger charge is 2.16. The van der Waals surface area contributed by atoms with Crippen LogP contribution in [0.1, 0.15) is 26.2 Å². The van der Waals surface area contributed by atoms with Gasteiger partial charge in [0.25, 0.3) is 0 Å². The molecule has 0 spiro atoms. The molecule has 0 aliphatic carbocycles. The Labute approximate surface area is 91.8 Å². The summed E-state index contributed by atoms with van der Waals surface area (Å²) in [4.78, 5) is 11.6. The van der Waals surface area contributed by atoms with Crippen molar-refractivity contribution in [3.63, 3.8) is 0 Å². The highest BCUT2D eigenvalue weighted by molar-refractivity contribution is 5.78. The van der Waals surface area contributed by atoms with Gasteiger partial charge >= 0.3 is 0 Å². The van der Waals surface area contributed by atoms with E-state index in [4.69, 9.17) is 4.74 Å². The molecule has 0 aromatic rings. The average molecular weight is 214 g/mol. The summed E-state index contributed by atoms with van der Waals surface area (Å²) in [6.45, 7) is 4.14. The summed E-state index contributed by atoms with van der Waals surface area (Å²) >= 11 is 0. The van der Waals surface area contributed by atoms with Crippen LogP contribution in [0, 0.1) is 5.92 Å². The molecule has 2 atom stereocenters. The van der Waals surface area contributed by atoms with Gasteiger partial charge < -0.3 is 15.4 Å². The average Bonchev–Trinajstić information content (AvgIpc) is 2.27. The molecule has 1 fully saturated rings. The molecule has 4 heteroatoms. The van der Waals surface area contributed by atoms with Crippen molar-refractivity contribution in [1.82, 2.24) is 10.6 Å². The van der Waals surface area contributed by atoms with Crippen LogP contribution in [0.4, 0.5) is 0 Å². The van der Waals surface area contributed by atoms with Crippen LogP contribution in [0.25, 0.3) is 0 Å². The minimum Gasteiger partial charge on any atom is -0.376 e. The molecule has 1 rings (SSSR count). The van der Waals surface area contributed by atoms with Gasteiger partial charge in [0, 0.05) is 25.6 Å². The SMILES string of the molecule is CNCC(C)C(=O)NCC1CCCCO1. The molecule has 0 aromatic carbocycles. The highest BCUT2D eigenvalue weighted by atomic mass is 16.5. The Hall–Kier alpha value is -0.610. The molecule has 1 saturated heterocycles. The molecule has 1 amide bonds. The standard InChI is InChI=1S/C11H22N2O2/c1-9(7-12-2)11(14)13-8-10-5-3-4-6-15-10/h9-10,12H,3-8H2,1-2H3,(H,13,14). The van der Waals surface area contributed by atoms with Gasteiger partial charge in [-0.05, 0) is 26.3 Å². The Balaban J connectivity index is 2.14. The van der Waals surface area contributed by atoms with Gasteiger partial charge in [0.15, 0.2) is 0 Å². The smallest absolute Gasteiger partial charge is 0.224 e. The van der Waals surface area contributed by atoms with Crippen molar-refractivity contribution in [3.05, 3.63) is 0 Å². The van der Waals surface area contributed by atoms with Gasteiger partial charge in [0.05, 0.1) is 6.10 Å². The largest absolute Gasteiger partial charge is 0.376 e. The third-order valence-corrected chi connectivity index (χ3v) is 2.74. The summed E-state index contributed by atoms with van der Waals surface area (Å²) in [5.74, 6) is 0.136. The number of amides is 1. The van der Waals surface area contributed by atoms with Crippen molar-refractivity contribution in [2.24, 2.45) is 5.92 Å². The van der Waals surface area contributed by atoms with Crippen LogP contribution < -0.4 is 10.6 Å². The summed E-state index contributed by atoms with van der Waals surface area (Å²) in [5.41, 5.74) is 0. The number of hydrogen-bond donors (Lipinski definition) is 2. The van der Waals surface area contributed by atoms with Gasteiger partial charge in [-0.2, -0.15) is 0 Å². The second-order valence-corrected chi connectivity index (χ2v) is 4.19. The Morgan fingerprint density at radius 3 is 2.93 bits per heavy atom. The molecule has 1 aliphatic heterocycles. The van der Waals surface area contributed by atoms with Crippen molar-refractivity contribution in [2.45, 2.75) is 32.3 Å². The molecule has 88 valence electrons. The molecule has 4 nitrogen and oxygen atoms in total. The predicted molar refractivity (Wildman–Crippen MR) is 59.7 cm³/mol. The second-order valence-electron chi connectivity index (χ2n) is 4.19. The van der Waals surface area contributed by atoms with Gasteiger partial charge in [-0.25, -0.2) is 0 Å². The molecule has 2 unspecified atom stereocenters. The van der Waals surface area contributed by atoms with E-state index in [1.807, 2.05) is 14.0 Å². The number of hydrogen-bond acceptors (Lipinski definition) is 3. The van der Waals surface area contributed by atoms with Crippen LogP contribution in [-0.4, -0.2) is 38.8 Å². The molecular formula is C11H22N2O2. The van der Waals surface area contributed by atoms with E-state index in [2.05, 4.69) is 10.6 Å². The Morgan fingerprint density at radius 2 is 2.33 bits per heavy atom. The van der Waals surface area contributed by atoms with Crippen molar-refractivity contribution < 1.29 is 9.53 Å². The molecule has 0 bridgehead atoms. The first kappa shape index (κ1) is 12.5. The highest BCUT2D eigenvalue weighted by Crippen LogP contribution is 2.11. The monoisotopic (exact) mass is 214 g/mol. The zero-order valence-corrected chi connectivity index (χ0v) is 9.71. The van der Waals surface area contributed by atoms with Crippen LogP contribution in [0.15, 0.2) is 0 Å². The number of ether oxygens (including phenoxy) is 1. The van der Waals surface area contributed by atoms with E-state index in [0.717, 1.165) is 26.0 Å². The second kappa shape index (κ2) is 6.80. The van der Waals surface area contributed by atoms with E-state index in [-0.39, 0.29) is 17.9 Å². The summed E-state index contributed by atoms with van der Waals surface area (Å²) < 4.78 is 5.54. The first-order valence-corrected chi connectivity index (χ1v) is 5.78. The predicted octanol–water partition coefficient (Wildman–Crippen LogP) is 0.527. The lowest BCUT2D eigenvalue weighted by molar-refractivity contribution is -0.125. The minimum atomic E-state index is 0.0265. The molecule has 0 radical (unpaired) electrons. The first-order chi connectivity index (χ1) is 7.24. The van der Waals surface area contributed by atoms with Crippen LogP contribution in [0.2, 0.25) is 0 Å². The molecule has 1 aliphatic rings. The van der Waals surface area contributed by atoms with Crippen LogP contribution in [0.5, 0.6) is 0 Å². The number of nitrogens with one attached hydrogen (secondary N) is 2. The molecule has 0 saturated carbocycles. The Morgan fingerprint density at radius 1 is 1.53 bits per heavy atom. The number of carbonyl (C=O) groups excluding carboxylic acids is 1. The van der Waals surface area contributed by atoms with Crippen LogP contribution in [0.3, 0.4) is 0 Å². The maximum Gasteiger partial charge on any atom is 0.224 e. The van der Waals surface area contributed by atoms with E-state index >= 15 is 0 Å². The molecule has 0 aromatic heterocycles. The lowest BCUT2D eigenvalue weighted by Crippen LogP contribution is -2.40. The van der Waals surface area contributed by atoms with Gasteiger partial charge in [0.2, 0.25) is 5.91 Å². The van der Waals surface area contributed by atoms with E-state index in [9.17, 15) is 4.79 Å². The topological polar surface area (TPSA) is 50.4 Å². The van der Waals surface area contributed by atoms with Gasteiger partial charge in [-0.15, -0.1) is 0 Å². The Kier molecular flexibility index (Phi) is 5.65. The fourth-order valence-electron chi connectivity index (χ4n) is 1.76. The summed E-state index contributed by atoms with van der Waals surface area (Å²) in [7, 11) is 1.86. The van der Waals surface area contributed by atoms with E-state index < -0.39 is 0 Å². The molecular weight excluding hydrogens is 192 g/mol. The maximum absolute atomic E-state index is 11.6. The van der Waals surface area contributed by atoms with Gasteiger partial charge in [-0.1, -0.05) is 6.92 Å². The zero-order valence-electron chi connectivity index (χ0n) is 9.71. The minimum absolute atomic E-state index is 0.0265. The van der Waals surface area contributed by atoms with Crippen LogP contribution >= 0.6 is 0 Å². The van der Waals surface area contributed by atoms with Crippen LogP contribution in [-0.2, 0) is 9.53 Å². The summed E-state index contributed by atoms with van der Waals surface area (Å²) in [6, 6.07) is 0. The van der Waals surface area contributed by atoms with Crippen molar-refractivity contribution in [1.29, 1.82) is 0 Å². The van der Waals surface area contributed by atoms with Crippen molar-refractivity contribution in [2.75, 3.05) is 26.7 Å². The molecule has 2 N–H and O–H groups in total. The Bertz CT molecular complexity index is 191. The number of rotatable bonds is 5. The zero-order chi connectivity index (χ0) is 11.1. The normalized spacial score (nSPS) is 23.5. The van der Waals surface area contributed by atoms with Gasteiger partial charge in [-0.3, -0.25) is 4.79 Å². The number of carbonyl (C=O) groups is 1.